The summed E-state index contributed by atoms with van der Waals surface area (Å²) in [5, 5.41) is 10.4. The van der Waals surface area contributed by atoms with E-state index < -0.39 is 0 Å². The van der Waals surface area contributed by atoms with Gasteiger partial charge in [-0.05, 0) is 55.1 Å². The number of nitrogens with zero attached hydrogens (tertiary/aromatic N) is 2. The number of rotatable bonds is 7. The molecule has 25 heavy (non-hydrogen) atoms. The van der Waals surface area contributed by atoms with E-state index in [0.717, 1.165) is 25.7 Å². The SMILES string of the molecule is CC(C)Cc1cccc(CC(C)C)c1NC1=CCCC/C1=N\N(C)C. The third-order valence-corrected chi connectivity index (χ3v) is 4.35. The molecule has 138 valence electrons. The first-order chi connectivity index (χ1) is 11.9. The number of para-hydroxylation sites is 1. The summed E-state index contributed by atoms with van der Waals surface area (Å²) in [6.07, 6.45) is 7.87. The molecule has 0 atom stereocenters. The Balaban J connectivity index is 2.39. The minimum atomic E-state index is 0.644. The van der Waals surface area contributed by atoms with E-state index in [1.54, 1.807) is 0 Å². The second-order valence-electron chi connectivity index (χ2n) is 8.18. The fourth-order valence-corrected chi connectivity index (χ4v) is 3.41. The number of hydrogen-bond donors (Lipinski definition) is 1. The predicted octanol–water partition coefficient (Wildman–Crippen LogP) is 5.48. The topological polar surface area (TPSA) is 27.6 Å². The first-order valence-electron chi connectivity index (χ1n) is 9.70. The molecule has 0 fully saturated rings. The quantitative estimate of drug-likeness (QED) is 0.665. The molecule has 0 aliphatic heterocycles. The lowest BCUT2D eigenvalue weighted by Gasteiger charge is -2.24. The molecular weight excluding hydrogens is 306 g/mol. The molecule has 3 heteroatoms. The Morgan fingerprint density at radius 3 is 2.16 bits per heavy atom. The van der Waals surface area contributed by atoms with E-state index in [0.29, 0.717) is 11.8 Å². The molecule has 0 spiro atoms. The maximum absolute atomic E-state index is 4.71. The summed E-state index contributed by atoms with van der Waals surface area (Å²) in [4.78, 5) is 0. The normalized spacial score (nSPS) is 16.5. The lowest BCUT2D eigenvalue weighted by atomic mass is 9.93. The second-order valence-corrected chi connectivity index (χ2v) is 8.18. The third kappa shape index (κ3) is 5.91. The Morgan fingerprint density at radius 1 is 1.04 bits per heavy atom. The molecule has 0 unspecified atom stereocenters. The average Bonchev–Trinajstić information content (AvgIpc) is 2.50. The fraction of sp³-hybridized carbons (Fsp3) is 0.591. The summed E-state index contributed by atoms with van der Waals surface area (Å²) in [5.41, 5.74) is 6.52. The van der Waals surface area contributed by atoms with Crippen LogP contribution >= 0.6 is 0 Å². The Bertz CT molecular complexity index is 596. The summed E-state index contributed by atoms with van der Waals surface area (Å²) in [5.74, 6) is 1.29. The highest BCUT2D eigenvalue weighted by Crippen LogP contribution is 2.29. The second kappa shape index (κ2) is 9.07. The van der Waals surface area contributed by atoms with Crippen molar-refractivity contribution in [2.75, 3.05) is 19.4 Å². The van der Waals surface area contributed by atoms with Crippen molar-refractivity contribution in [3.05, 3.63) is 41.1 Å². The molecule has 0 bridgehead atoms. The van der Waals surface area contributed by atoms with Gasteiger partial charge in [0, 0.05) is 19.8 Å². The van der Waals surface area contributed by atoms with E-state index >= 15 is 0 Å². The van der Waals surface area contributed by atoms with Crippen molar-refractivity contribution in [2.24, 2.45) is 16.9 Å². The van der Waals surface area contributed by atoms with Crippen molar-refractivity contribution in [1.29, 1.82) is 0 Å². The predicted molar refractivity (Wildman–Crippen MR) is 110 cm³/mol. The molecular formula is C22H35N3. The van der Waals surface area contributed by atoms with Gasteiger partial charge < -0.3 is 10.3 Å². The number of benzene rings is 1. The van der Waals surface area contributed by atoms with Gasteiger partial charge >= 0.3 is 0 Å². The van der Waals surface area contributed by atoms with Crippen LogP contribution in [-0.2, 0) is 12.8 Å². The first-order valence-corrected chi connectivity index (χ1v) is 9.70. The Labute approximate surface area is 154 Å². The zero-order valence-corrected chi connectivity index (χ0v) is 16.9. The third-order valence-electron chi connectivity index (χ3n) is 4.35. The molecule has 0 saturated heterocycles. The Hall–Kier alpha value is -1.77. The molecule has 0 heterocycles. The lowest BCUT2D eigenvalue weighted by Crippen LogP contribution is -2.20. The van der Waals surface area contributed by atoms with Crippen molar-refractivity contribution in [3.63, 3.8) is 0 Å². The number of hydrogen-bond acceptors (Lipinski definition) is 3. The van der Waals surface area contributed by atoms with Crippen molar-refractivity contribution < 1.29 is 0 Å². The zero-order chi connectivity index (χ0) is 18.4. The highest BCUT2D eigenvalue weighted by molar-refractivity contribution is 6.03. The number of allylic oxidation sites excluding steroid dienone is 2. The van der Waals surface area contributed by atoms with Crippen LogP contribution in [0.1, 0.15) is 58.1 Å². The van der Waals surface area contributed by atoms with Crippen LogP contribution in [0.2, 0.25) is 0 Å². The van der Waals surface area contributed by atoms with Gasteiger partial charge in [0.2, 0.25) is 0 Å². The van der Waals surface area contributed by atoms with E-state index in [1.807, 2.05) is 19.1 Å². The number of anilines is 1. The van der Waals surface area contributed by atoms with Gasteiger partial charge in [0.1, 0.15) is 0 Å². The van der Waals surface area contributed by atoms with Crippen molar-refractivity contribution in [1.82, 2.24) is 5.01 Å². The highest BCUT2D eigenvalue weighted by atomic mass is 15.4. The van der Waals surface area contributed by atoms with Crippen LogP contribution in [-0.4, -0.2) is 24.8 Å². The fourth-order valence-electron chi connectivity index (χ4n) is 3.41. The Kier molecular flexibility index (Phi) is 7.10. The number of hydrazone groups is 1. The van der Waals surface area contributed by atoms with Gasteiger partial charge in [-0.2, -0.15) is 5.10 Å². The van der Waals surface area contributed by atoms with Crippen LogP contribution in [0.15, 0.2) is 35.1 Å². The molecule has 1 aromatic carbocycles. The molecule has 1 aliphatic carbocycles. The molecule has 3 nitrogen and oxygen atoms in total. The zero-order valence-electron chi connectivity index (χ0n) is 16.9. The molecule has 2 rings (SSSR count). The van der Waals surface area contributed by atoms with E-state index in [9.17, 15) is 0 Å². The summed E-state index contributed by atoms with van der Waals surface area (Å²) in [6.45, 7) is 9.16. The summed E-state index contributed by atoms with van der Waals surface area (Å²) in [7, 11) is 3.99. The van der Waals surface area contributed by atoms with Crippen LogP contribution < -0.4 is 5.32 Å². The standard InChI is InChI=1S/C22H35N3/c1-16(2)14-18-10-9-11-19(15-17(3)4)22(18)23-20-12-7-8-13-21(20)24-25(5)6/h9-12,16-17,23H,7-8,13-15H2,1-6H3/b24-21+. The van der Waals surface area contributed by atoms with Crippen molar-refractivity contribution >= 4 is 11.4 Å². The molecule has 1 aliphatic rings. The van der Waals surface area contributed by atoms with Gasteiger partial charge in [0.25, 0.3) is 0 Å². The van der Waals surface area contributed by atoms with E-state index in [2.05, 4.69) is 57.3 Å². The van der Waals surface area contributed by atoms with Gasteiger partial charge in [-0.1, -0.05) is 52.0 Å². The molecule has 0 saturated carbocycles. The molecule has 1 aromatic rings. The largest absolute Gasteiger partial charge is 0.354 e. The van der Waals surface area contributed by atoms with Crippen LogP contribution in [0.25, 0.3) is 0 Å². The van der Waals surface area contributed by atoms with Gasteiger partial charge in [-0.15, -0.1) is 0 Å². The monoisotopic (exact) mass is 341 g/mol. The minimum Gasteiger partial charge on any atom is -0.354 e. The smallest absolute Gasteiger partial charge is 0.0836 e. The summed E-state index contributed by atoms with van der Waals surface area (Å²) in [6, 6.07) is 6.77. The highest BCUT2D eigenvalue weighted by Gasteiger charge is 2.17. The lowest BCUT2D eigenvalue weighted by molar-refractivity contribution is 0.435. The van der Waals surface area contributed by atoms with Crippen LogP contribution in [0.4, 0.5) is 5.69 Å². The van der Waals surface area contributed by atoms with E-state index in [1.165, 1.54) is 34.6 Å². The molecule has 1 N–H and O–H groups in total. The van der Waals surface area contributed by atoms with Gasteiger partial charge in [-0.25, -0.2) is 0 Å². The van der Waals surface area contributed by atoms with Crippen molar-refractivity contribution in [3.8, 4) is 0 Å². The van der Waals surface area contributed by atoms with Crippen LogP contribution in [0.5, 0.6) is 0 Å². The number of nitrogens with one attached hydrogen (secondary N) is 1. The van der Waals surface area contributed by atoms with Gasteiger partial charge in [0.05, 0.1) is 11.4 Å². The van der Waals surface area contributed by atoms with E-state index in [4.69, 9.17) is 5.10 Å². The summed E-state index contributed by atoms with van der Waals surface area (Å²) >= 11 is 0. The molecule has 0 amide bonds. The maximum Gasteiger partial charge on any atom is 0.0836 e. The average molecular weight is 342 g/mol. The molecule has 0 aromatic heterocycles. The van der Waals surface area contributed by atoms with Gasteiger partial charge in [-0.3, -0.25) is 0 Å². The summed E-state index contributed by atoms with van der Waals surface area (Å²) < 4.78 is 0. The van der Waals surface area contributed by atoms with Gasteiger partial charge in [0.15, 0.2) is 0 Å². The van der Waals surface area contributed by atoms with Crippen LogP contribution in [0, 0.1) is 11.8 Å². The van der Waals surface area contributed by atoms with E-state index in [-0.39, 0.29) is 0 Å². The first kappa shape index (κ1) is 19.6. The van der Waals surface area contributed by atoms with Crippen molar-refractivity contribution in [2.45, 2.75) is 59.8 Å². The van der Waals surface area contributed by atoms with Crippen LogP contribution in [0.3, 0.4) is 0 Å². The minimum absolute atomic E-state index is 0.644. The molecule has 0 radical (unpaired) electrons. The maximum atomic E-state index is 4.71. The Morgan fingerprint density at radius 2 is 1.64 bits per heavy atom.